The molecule has 0 atom stereocenters. The van der Waals surface area contributed by atoms with Crippen LogP contribution in [0.5, 0.6) is 0 Å². The van der Waals surface area contributed by atoms with Crippen LogP contribution in [0.1, 0.15) is 39.2 Å². The summed E-state index contributed by atoms with van der Waals surface area (Å²) in [5, 5.41) is 0. The zero-order valence-electron chi connectivity index (χ0n) is 10.7. The second-order valence-corrected chi connectivity index (χ2v) is 5.05. The summed E-state index contributed by atoms with van der Waals surface area (Å²) in [5.41, 5.74) is 3.07. The van der Waals surface area contributed by atoms with Crippen LogP contribution in [0.4, 0.5) is 5.69 Å². The Balaban J connectivity index is 3.12. The van der Waals surface area contributed by atoms with Crippen LogP contribution in [0.15, 0.2) is 24.3 Å². The molecule has 0 aliphatic heterocycles. The molecule has 0 N–H and O–H groups in total. The maximum Gasteiger partial charge on any atom is 0.0399 e. The van der Waals surface area contributed by atoms with Crippen LogP contribution in [0.25, 0.3) is 0 Å². The van der Waals surface area contributed by atoms with Gasteiger partial charge in [-0.25, -0.2) is 0 Å². The van der Waals surface area contributed by atoms with Crippen molar-refractivity contribution in [3.63, 3.8) is 0 Å². The lowest BCUT2D eigenvalue weighted by Crippen LogP contribution is -2.21. The fourth-order valence-electron chi connectivity index (χ4n) is 2.20. The highest BCUT2D eigenvalue weighted by molar-refractivity contribution is 5.55. The number of hydrogen-bond donors (Lipinski definition) is 0. The van der Waals surface area contributed by atoms with Gasteiger partial charge in [-0.1, -0.05) is 45.4 Å². The summed E-state index contributed by atoms with van der Waals surface area (Å²) in [6.07, 6.45) is 2.46. The lowest BCUT2D eigenvalue weighted by Gasteiger charge is -2.29. The van der Waals surface area contributed by atoms with Gasteiger partial charge in [-0.05, 0) is 23.5 Å². The van der Waals surface area contributed by atoms with Gasteiger partial charge in [-0.15, -0.1) is 0 Å². The van der Waals surface area contributed by atoms with Gasteiger partial charge in [-0.2, -0.15) is 0 Å². The Morgan fingerprint density at radius 1 is 1.13 bits per heavy atom. The minimum absolute atomic E-state index is 0.273. The maximum atomic E-state index is 2.33. The molecule has 0 heterocycles. The predicted molar refractivity (Wildman–Crippen MR) is 68.7 cm³/mol. The van der Waals surface area contributed by atoms with E-state index in [9.17, 15) is 0 Å². The Kier molecular flexibility index (Phi) is 3.78. The van der Waals surface area contributed by atoms with Crippen LogP contribution >= 0.6 is 0 Å². The third-order valence-electron chi connectivity index (χ3n) is 2.99. The summed E-state index contributed by atoms with van der Waals surface area (Å²) in [7, 11) is 4.22. The summed E-state index contributed by atoms with van der Waals surface area (Å²) in [5.74, 6) is 0. The molecule has 15 heavy (non-hydrogen) atoms. The average Bonchev–Trinajstić information content (AvgIpc) is 2.17. The lowest BCUT2D eigenvalue weighted by atomic mass is 9.79. The predicted octanol–water partition coefficient (Wildman–Crippen LogP) is 3.83. The Labute approximate surface area is 94.1 Å². The Bertz CT molecular complexity index is 313. The van der Waals surface area contributed by atoms with Gasteiger partial charge >= 0.3 is 0 Å². The van der Waals surface area contributed by atoms with E-state index in [1.807, 2.05) is 0 Å². The van der Waals surface area contributed by atoms with Gasteiger partial charge in [0, 0.05) is 19.8 Å². The lowest BCUT2D eigenvalue weighted by molar-refractivity contribution is 0.473. The molecule has 0 aliphatic rings. The van der Waals surface area contributed by atoms with E-state index in [0.29, 0.717) is 0 Å². The normalized spacial score (nSPS) is 11.5. The van der Waals surface area contributed by atoms with E-state index >= 15 is 0 Å². The summed E-state index contributed by atoms with van der Waals surface area (Å²) >= 11 is 0. The molecular weight excluding hydrogens is 182 g/mol. The maximum absolute atomic E-state index is 2.33. The van der Waals surface area contributed by atoms with Gasteiger partial charge in [-0.3, -0.25) is 0 Å². The third kappa shape index (κ3) is 2.74. The molecule has 0 bridgehead atoms. The van der Waals surface area contributed by atoms with E-state index in [2.05, 4.69) is 64.0 Å². The molecule has 0 aromatic heterocycles. The highest BCUT2D eigenvalue weighted by atomic mass is 15.1. The number of para-hydroxylation sites is 1. The van der Waals surface area contributed by atoms with E-state index in [-0.39, 0.29) is 5.41 Å². The van der Waals surface area contributed by atoms with Crippen LogP contribution in [-0.4, -0.2) is 14.1 Å². The molecule has 0 unspecified atom stereocenters. The summed E-state index contributed by atoms with van der Waals surface area (Å²) in [6, 6.07) is 8.71. The molecular formula is C14H23N. The number of nitrogens with zero attached hydrogens (tertiary/aromatic N) is 1. The summed E-state index contributed by atoms with van der Waals surface area (Å²) < 4.78 is 0. The first-order valence-corrected chi connectivity index (χ1v) is 5.76. The number of benzene rings is 1. The van der Waals surface area contributed by atoms with E-state index in [1.54, 1.807) is 0 Å². The van der Waals surface area contributed by atoms with Crippen molar-refractivity contribution in [2.45, 2.75) is 39.0 Å². The van der Waals surface area contributed by atoms with Gasteiger partial charge in [0.2, 0.25) is 0 Å². The van der Waals surface area contributed by atoms with Gasteiger partial charge in [0.05, 0.1) is 0 Å². The standard InChI is InChI=1S/C14H23N/c1-6-11-14(2,3)12-9-7-8-10-13(12)15(4)5/h7-10H,6,11H2,1-5H3. The SMILES string of the molecule is CCCC(C)(C)c1ccccc1N(C)C. The minimum Gasteiger partial charge on any atom is -0.377 e. The number of hydrogen-bond acceptors (Lipinski definition) is 1. The highest BCUT2D eigenvalue weighted by Crippen LogP contribution is 2.34. The van der Waals surface area contributed by atoms with E-state index in [1.165, 1.54) is 24.1 Å². The van der Waals surface area contributed by atoms with Crippen molar-refractivity contribution in [2.24, 2.45) is 0 Å². The number of anilines is 1. The molecule has 0 amide bonds. The van der Waals surface area contributed by atoms with Crippen molar-refractivity contribution in [3.8, 4) is 0 Å². The van der Waals surface area contributed by atoms with E-state index in [4.69, 9.17) is 0 Å². The minimum atomic E-state index is 0.273. The van der Waals surface area contributed by atoms with Crippen molar-refractivity contribution in [1.82, 2.24) is 0 Å². The Hall–Kier alpha value is -0.980. The average molecular weight is 205 g/mol. The Morgan fingerprint density at radius 2 is 1.73 bits per heavy atom. The van der Waals surface area contributed by atoms with E-state index < -0.39 is 0 Å². The highest BCUT2D eigenvalue weighted by Gasteiger charge is 2.22. The fraction of sp³-hybridized carbons (Fsp3) is 0.571. The van der Waals surface area contributed by atoms with Gasteiger partial charge in [0.1, 0.15) is 0 Å². The molecule has 0 saturated heterocycles. The van der Waals surface area contributed by atoms with Crippen LogP contribution in [0.2, 0.25) is 0 Å². The van der Waals surface area contributed by atoms with Crippen molar-refractivity contribution in [1.29, 1.82) is 0 Å². The molecule has 1 heteroatoms. The van der Waals surface area contributed by atoms with E-state index in [0.717, 1.165) is 0 Å². The molecule has 1 aromatic carbocycles. The zero-order chi connectivity index (χ0) is 11.5. The first-order valence-electron chi connectivity index (χ1n) is 5.76. The first-order chi connectivity index (χ1) is 6.99. The molecule has 0 fully saturated rings. The first kappa shape index (κ1) is 12.1. The molecule has 0 aliphatic carbocycles. The quantitative estimate of drug-likeness (QED) is 0.722. The van der Waals surface area contributed by atoms with Crippen molar-refractivity contribution in [2.75, 3.05) is 19.0 Å². The zero-order valence-corrected chi connectivity index (χ0v) is 10.7. The molecule has 0 radical (unpaired) electrons. The summed E-state index contributed by atoms with van der Waals surface area (Å²) in [4.78, 5) is 2.20. The molecule has 1 rings (SSSR count). The third-order valence-corrected chi connectivity index (χ3v) is 2.99. The van der Waals surface area contributed by atoms with Crippen LogP contribution in [0, 0.1) is 0 Å². The molecule has 1 aromatic rings. The van der Waals surface area contributed by atoms with Crippen molar-refractivity contribution < 1.29 is 0 Å². The topological polar surface area (TPSA) is 3.24 Å². The molecule has 0 saturated carbocycles. The van der Waals surface area contributed by atoms with Crippen molar-refractivity contribution >= 4 is 5.69 Å². The fourth-order valence-corrected chi connectivity index (χ4v) is 2.20. The molecule has 84 valence electrons. The van der Waals surface area contributed by atoms with Gasteiger partial charge < -0.3 is 4.90 Å². The summed E-state index contributed by atoms with van der Waals surface area (Å²) in [6.45, 7) is 6.91. The second-order valence-electron chi connectivity index (χ2n) is 5.05. The molecule has 1 nitrogen and oxygen atoms in total. The molecule has 0 spiro atoms. The number of rotatable bonds is 4. The van der Waals surface area contributed by atoms with Crippen LogP contribution in [0.3, 0.4) is 0 Å². The van der Waals surface area contributed by atoms with Crippen LogP contribution in [-0.2, 0) is 5.41 Å². The van der Waals surface area contributed by atoms with Crippen LogP contribution < -0.4 is 4.90 Å². The Morgan fingerprint density at radius 3 is 2.27 bits per heavy atom. The van der Waals surface area contributed by atoms with Crippen molar-refractivity contribution in [3.05, 3.63) is 29.8 Å². The van der Waals surface area contributed by atoms with Gasteiger partial charge in [0.15, 0.2) is 0 Å². The van der Waals surface area contributed by atoms with Gasteiger partial charge in [0.25, 0.3) is 0 Å². The monoisotopic (exact) mass is 205 g/mol. The smallest absolute Gasteiger partial charge is 0.0399 e. The second kappa shape index (κ2) is 4.69. The largest absolute Gasteiger partial charge is 0.377 e.